The number of esters is 1. The van der Waals surface area contributed by atoms with Crippen LogP contribution in [0.3, 0.4) is 0 Å². The highest BCUT2D eigenvalue weighted by atomic mass is 32.2. The number of thioether (sulfide) groups is 1. The first-order valence-electron chi connectivity index (χ1n) is 8.51. The number of methoxy groups -OCH3 is 2. The fourth-order valence-corrected chi connectivity index (χ4v) is 4.28. The van der Waals surface area contributed by atoms with Crippen LogP contribution >= 0.6 is 23.1 Å². The van der Waals surface area contributed by atoms with Crippen molar-refractivity contribution >= 4 is 61.4 Å². The highest BCUT2D eigenvalue weighted by Crippen LogP contribution is 2.28. The number of aromatic amines is 1. The van der Waals surface area contributed by atoms with Crippen LogP contribution in [0, 0.1) is 0 Å². The normalized spacial score (nSPS) is 11.0. The Morgan fingerprint density at radius 1 is 1.14 bits per heavy atom. The van der Waals surface area contributed by atoms with Gasteiger partial charge in [0, 0.05) is 6.07 Å². The van der Waals surface area contributed by atoms with E-state index >= 15 is 0 Å². The lowest BCUT2D eigenvalue weighted by Gasteiger charge is -1.99. The van der Waals surface area contributed by atoms with Gasteiger partial charge in [0.25, 0.3) is 0 Å². The summed E-state index contributed by atoms with van der Waals surface area (Å²) in [6, 6.07) is 10.6. The summed E-state index contributed by atoms with van der Waals surface area (Å²) in [5.74, 6) is 0.313. The van der Waals surface area contributed by atoms with E-state index in [9.17, 15) is 9.59 Å². The van der Waals surface area contributed by atoms with Gasteiger partial charge in [0.1, 0.15) is 5.75 Å². The number of H-pyrrole nitrogens is 1. The molecule has 0 unspecified atom stereocenters. The molecular formula is C19H16N4O4S2. The molecule has 0 aliphatic heterocycles. The first-order valence-corrected chi connectivity index (χ1v) is 10.3. The number of ether oxygens (including phenoxy) is 2. The summed E-state index contributed by atoms with van der Waals surface area (Å²) in [4.78, 5) is 35.9. The maximum atomic E-state index is 12.3. The third kappa shape index (κ3) is 4.17. The molecule has 0 saturated carbocycles. The molecule has 0 spiro atoms. The van der Waals surface area contributed by atoms with Crippen molar-refractivity contribution in [2.45, 2.75) is 5.16 Å². The van der Waals surface area contributed by atoms with Crippen LogP contribution in [0.15, 0.2) is 41.6 Å². The molecule has 0 aliphatic rings. The molecule has 0 bridgehead atoms. The Morgan fingerprint density at radius 3 is 2.76 bits per heavy atom. The summed E-state index contributed by atoms with van der Waals surface area (Å²) in [5, 5.41) is 3.91. The molecule has 4 aromatic rings. The minimum Gasteiger partial charge on any atom is -0.497 e. The molecule has 0 fully saturated rings. The average molecular weight is 428 g/mol. The summed E-state index contributed by atoms with van der Waals surface area (Å²) in [6.07, 6.45) is 0. The van der Waals surface area contributed by atoms with E-state index in [0.29, 0.717) is 21.4 Å². The second kappa shape index (κ2) is 8.10. The number of rotatable bonds is 6. The van der Waals surface area contributed by atoms with E-state index in [1.54, 1.807) is 25.3 Å². The number of carbonyl (C=O) groups is 2. The van der Waals surface area contributed by atoms with E-state index in [2.05, 4.69) is 20.3 Å². The van der Waals surface area contributed by atoms with E-state index in [4.69, 9.17) is 9.47 Å². The predicted octanol–water partition coefficient (Wildman–Crippen LogP) is 3.70. The van der Waals surface area contributed by atoms with Gasteiger partial charge in [-0.2, -0.15) is 0 Å². The summed E-state index contributed by atoms with van der Waals surface area (Å²) in [5.41, 5.74) is 2.80. The van der Waals surface area contributed by atoms with E-state index in [1.807, 2.05) is 18.2 Å². The average Bonchev–Trinajstić information content (AvgIpc) is 3.33. The second-order valence-corrected chi connectivity index (χ2v) is 7.95. The molecule has 2 N–H and O–H groups in total. The van der Waals surface area contributed by atoms with Crippen LogP contribution in [0.4, 0.5) is 5.13 Å². The largest absolute Gasteiger partial charge is 0.497 e. The Kier molecular flexibility index (Phi) is 5.36. The fourth-order valence-electron chi connectivity index (χ4n) is 2.67. The first kappa shape index (κ1) is 19.2. The molecule has 10 heteroatoms. The zero-order chi connectivity index (χ0) is 20.4. The van der Waals surface area contributed by atoms with Crippen LogP contribution in [0.25, 0.3) is 21.3 Å². The number of hydrogen-bond acceptors (Lipinski definition) is 8. The molecule has 8 nitrogen and oxygen atoms in total. The van der Waals surface area contributed by atoms with Crippen molar-refractivity contribution in [2.24, 2.45) is 0 Å². The third-order valence-electron chi connectivity index (χ3n) is 4.06. The number of nitrogens with zero attached hydrogens (tertiary/aromatic N) is 2. The molecular weight excluding hydrogens is 412 g/mol. The van der Waals surface area contributed by atoms with E-state index in [-0.39, 0.29) is 11.7 Å². The number of fused-ring (bicyclic) bond motifs is 2. The van der Waals surface area contributed by atoms with Gasteiger partial charge in [-0.15, -0.1) is 0 Å². The van der Waals surface area contributed by atoms with Crippen LogP contribution in [-0.4, -0.2) is 46.8 Å². The molecule has 2 aromatic heterocycles. The Labute approximate surface area is 173 Å². The number of anilines is 1. The van der Waals surface area contributed by atoms with E-state index in [0.717, 1.165) is 21.5 Å². The third-order valence-corrected chi connectivity index (χ3v) is 5.87. The van der Waals surface area contributed by atoms with Gasteiger partial charge in [-0.25, -0.2) is 14.8 Å². The molecule has 1 amide bonds. The van der Waals surface area contributed by atoms with Crippen molar-refractivity contribution < 1.29 is 19.1 Å². The summed E-state index contributed by atoms with van der Waals surface area (Å²) < 4.78 is 10.7. The van der Waals surface area contributed by atoms with Crippen LogP contribution < -0.4 is 10.1 Å². The Balaban J connectivity index is 1.41. The van der Waals surface area contributed by atoms with Crippen LogP contribution in [0.5, 0.6) is 5.75 Å². The molecule has 0 radical (unpaired) electrons. The monoisotopic (exact) mass is 428 g/mol. The minimum atomic E-state index is -0.411. The Hall–Kier alpha value is -3.11. The van der Waals surface area contributed by atoms with Crippen LogP contribution in [-0.2, 0) is 9.53 Å². The first-order chi connectivity index (χ1) is 14.1. The van der Waals surface area contributed by atoms with Gasteiger partial charge >= 0.3 is 5.97 Å². The van der Waals surface area contributed by atoms with Crippen molar-refractivity contribution in [3.05, 3.63) is 42.0 Å². The van der Waals surface area contributed by atoms with Gasteiger partial charge in [0.05, 0.1) is 46.8 Å². The zero-order valence-corrected chi connectivity index (χ0v) is 17.1. The number of hydrogen-bond donors (Lipinski definition) is 2. The second-order valence-electron chi connectivity index (χ2n) is 5.95. The number of carbonyl (C=O) groups excluding carboxylic acids is 2. The smallest absolute Gasteiger partial charge is 0.337 e. The molecule has 29 heavy (non-hydrogen) atoms. The highest BCUT2D eigenvalue weighted by Gasteiger charge is 2.13. The molecule has 2 heterocycles. The highest BCUT2D eigenvalue weighted by molar-refractivity contribution is 7.99. The van der Waals surface area contributed by atoms with Crippen LogP contribution in [0.1, 0.15) is 10.4 Å². The Bertz CT molecular complexity index is 1220. The SMILES string of the molecule is COC(=O)c1ccc2nc(NC(=O)CSc3nc4ccc(OC)cc4[nH]3)sc2c1. The van der Waals surface area contributed by atoms with Crippen molar-refractivity contribution in [3.8, 4) is 5.75 Å². The lowest BCUT2D eigenvalue weighted by Crippen LogP contribution is -2.13. The lowest BCUT2D eigenvalue weighted by molar-refractivity contribution is -0.113. The molecule has 4 rings (SSSR count). The van der Waals surface area contributed by atoms with Gasteiger partial charge in [0.15, 0.2) is 10.3 Å². The topological polar surface area (TPSA) is 106 Å². The lowest BCUT2D eigenvalue weighted by atomic mass is 10.2. The zero-order valence-electron chi connectivity index (χ0n) is 15.5. The maximum Gasteiger partial charge on any atom is 0.337 e. The summed E-state index contributed by atoms with van der Waals surface area (Å²) in [6.45, 7) is 0. The molecule has 0 saturated heterocycles. The standard InChI is InChI=1S/C19H16N4O4S2/c1-26-11-4-6-12-14(8-11)22-18(20-12)28-9-16(24)23-19-21-13-5-3-10(17(25)27-2)7-15(13)29-19/h3-8H,9H2,1-2H3,(H,20,22)(H,21,23,24). The number of benzene rings is 2. The number of thiazole rings is 1. The number of aromatic nitrogens is 3. The van der Waals surface area contributed by atoms with Crippen molar-refractivity contribution in [3.63, 3.8) is 0 Å². The van der Waals surface area contributed by atoms with Crippen molar-refractivity contribution in [2.75, 3.05) is 25.3 Å². The van der Waals surface area contributed by atoms with E-state index < -0.39 is 5.97 Å². The van der Waals surface area contributed by atoms with Gasteiger partial charge in [-0.3, -0.25) is 4.79 Å². The quantitative estimate of drug-likeness (QED) is 0.356. The summed E-state index contributed by atoms with van der Waals surface area (Å²) in [7, 11) is 2.94. The Morgan fingerprint density at radius 2 is 1.97 bits per heavy atom. The predicted molar refractivity (Wildman–Crippen MR) is 113 cm³/mol. The molecule has 0 aliphatic carbocycles. The number of nitrogens with one attached hydrogen (secondary N) is 2. The minimum absolute atomic E-state index is 0.181. The van der Waals surface area contributed by atoms with Gasteiger partial charge in [0.2, 0.25) is 5.91 Å². The van der Waals surface area contributed by atoms with Gasteiger partial charge in [-0.1, -0.05) is 23.1 Å². The van der Waals surface area contributed by atoms with E-state index in [1.165, 1.54) is 30.2 Å². The molecule has 0 atom stereocenters. The molecule has 2 aromatic carbocycles. The maximum absolute atomic E-state index is 12.3. The molecule has 148 valence electrons. The number of amides is 1. The fraction of sp³-hybridized carbons (Fsp3) is 0.158. The number of imidazole rings is 1. The van der Waals surface area contributed by atoms with Crippen LogP contribution in [0.2, 0.25) is 0 Å². The van der Waals surface area contributed by atoms with Crippen molar-refractivity contribution in [1.82, 2.24) is 15.0 Å². The van der Waals surface area contributed by atoms with Crippen molar-refractivity contribution in [1.29, 1.82) is 0 Å². The summed E-state index contributed by atoms with van der Waals surface area (Å²) >= 11 is 2.60. The van der Waals surface area contributed by atoms with Gasteiger partial charge in [-0.05, 0) is 30.3 Å². The van der Waals surface area contributed by atoms with Gasteiger partial charge < -0.3 is 19.8 Å².